The molecule has 0 bridgehead atoms. The van der Waals surface area contributed by atoms with Gasteiger partial charge in [-0.05, 0) is 12.1 Å². The quantitative estimate of drug-likeness (QED) is 0.678. The van der Waals surface area contributed by atoms with E-state index in [-0.39, 0.29) is 5.97 Å². The predicted octanol–water partition coefficient (Wildman–Crippen LogP) is 1.28. The van der Waals surface area contributed by atoms with E-state index in [2.05, 4.69) is 15.0 Å². The van der Waals surface area contributed by atoms with Gasteiger partial charge < -0.3 is 10.1 Å². The van der Waals surface area contributed by atoms with E-state index in [0.717, 1.165) is 11.3 Å². The maximum atomic E-state index is 11.2. The molecule has 0 radical (unpaired) electrons. The smallest absolute Gasteiger partial charge is 0.337 e. The number of fused-ring (bicyclic) bond motifs is 1. The van der Waals surface area contributed by atoms with Gasteiger partial charge in [0.15, 0.2) is 0 Å². The fourth-order valence-corrected chi connectivity index (χ4v) is 1.34. The van der Waals surface area contributed by atoms with E-state index in [1.807, 2.05) is 6.07 Å². The van der Waals surface area contributed by atoms with Crippen LogP contribution in [0, 0.1) is 0 Å². The number of ether oxygens (including phenoxy) is 1. The first kappa shape index (κ1) is 8.74. The van der Waals surface area contributed by atoms with Crippen LogP contribution in [-0.2, 0) is 4.74 Å². The summed E-state index contributed by atoms with van der Waals surface area (Å²) in [6.07, 6.45) is 1.78. The lowest BCUT2D eigenvalue weighted by atomic mass is 10.1. The number of hydrogen-bond acceptors (Lipinski definition) is 4. The molecule has 1 aliphatic rings. The first-order chi connectivity index (χ1) is 6.81. The highest BCUT2D eigenvalue weighted by molar-refractivity contribution is 5.95. The summed E-state index contributed by atoms with van der Waals surface area (Å²) >= 11 is 0. The molecule has 0 unspecified atom stereocenters. The molecule has 1 N–H and O–H groups in total. The number of benzene rings is 1. The van der Waals surface area contributed by atoms with Gasteiger partial charge in [0, 0.05) is 17.5 Å². The van der Waals surface area contributed by atoms with Gasteiger partial charge in [0.1, 0.15) is 6.67 Å². The highest BCUT2D eigenvalue weighted by Gasteiger charge is 2.09. The average molecular weight is 190 g/mol. The molecule has 0 fully saturated rings. The van der Waals surface area contributed by atoms with Crippen molar-refractivity contribution in [2.45, 2.75) is 0 Å². The summed E-state index contributed by atoms with van der Waals surface area (Å²) in [5, 5.41) is 3.08. The predicted molar refractivity (Wildman–Crippen MR) is 53.9 cm³/mol. The minimum Gasteiger partial charge on any atom is -0.465 e. The van der Waals surface area contributed by atoms with E-state index in [1.165, 1.54) is 7.11 Å². The molecule has 1 aromatic rings. The standard InChI is InChI=1S/C10H10N2O2/c1-14-10(13)7-2-3-8-5-11-6-12-9(8)4-7/h2-5,12H,6H2,1H3. The van der Waals surface area contributed by atoms with Crippen molar-refractivity contribution in [3.8, 4) is 0 Å². The second-order valence-corrected chi connectivity index (χ2v) is 2.94. The van der Waals surface area contributed by atoms with Crippen LogP contribution in [0.25, 0.3) is 0 Å². The molecular weight excluding hydrogens is 180 g/mol. The summed E-state index contributed by atoms with van der Waals surface area (Å²) in [5.41, 5.74) is 2.46. The Balaban J connectivity index is 2.39. The normalized spacial score (nSPS) is 12.9. The van der Waals surface area contributed by atoms with E-state index < -0.39 is 0 Å². The number of hydrogen-bond donors (Lipinski definition) is 1. The van der Waals surface area contributed by atoms with Crippen molar-refractivity contribution in [3.05, 3.63) is 29.3 Å². The molecule has 0 saturated carbocycles. The number of nitrogens with zero attached hydrogens (tertiary/aromatic N) is 1. The summed E-state index contributed by atoms with van der Waals surface area (Å²) in [5.74, 6) is -0.322. The van der Waals surface area contributed by atoms with Gasteiger partial charge in [-0.3, -0.25) is 4.99 Å². The van der Waals surface area contributed by atoms with Crippen LogP contribution in [0.15, 0.2) is 23.2 Å². The molecule has 0 amide bonds. The Morgan fingerprint density at radius 1 is 1.57 bits per heavy atom. The van der Waals surface area contributed by atoms with Crippen molar-refractivity contribution in [3.63, 3.8) is 0 Å². The maximum absolute atomic E-state index is 11.2. The van der Waals surface area contributed by atoms with Gasteiger partial charge >= 0.3 is 5.97 Å². The molecule has 1 aliphatic heterocycles. The van der Waals surface area contributed by atoms with Gasteiger partial charge in [0.05, 0.1) is 12.7 Å². The van der Waals surface area contributed by atoms with Crippen LogP contribution in [0.1, 0.15) is 15.9 Å². The number of carbonyl (C=O) groups excluding carboxylic acids is 1. The minimum absolute atomic E-state index is 0.322. The molecular formula is C10H10N2O2. The number of nitrogens with one attached hydrogen (secondary N) is 1. The first-order valence-corrected chi connectivity index (χ1v) is 4.27. The molecule has 72 valence electrons. The molecule has 14 heavy (non-hydrogen) atoms. The number of methoxy groups -OCH3 is 1. The fourth-order valence-electron chi connectivity index (χ4n) is 1.34. The topological polar surface area (TPSA) is 50.7 Å². The number of esters is 1. The Kier molecular flexibility index (Phi) is 2.18. The zero-order chi connectivity index (χ0) is 9.97. The Labute approximate surface area is 81.6 Å². The van der Waals surface area contributed by atoms with Crippen molar-refractivity contribution < 1.29 is 9.53 Å². The Morgan fingerprint density at radius 2 is 2.43 bits per heavy atom. The van der Waals surface area contributed by atoms with Gasteiger partial charge in [0.25, 0.3) is 0 Å². The van der Waals surface area contributed by atoms with Crippen LogP contribution >= 0.6 is 0 Å². The summed E-state index contributed by atoms with van der Waals surface area (Å²) < 4.78 is 4.63. The Hall–Kier alpha value is -1.84. The van der Waals surface area contributed by atoms with Crippen molar-refractivity contribution in [1.29, 1.82) is 0 Å². The minimum atomic E-state index is -0.322. The molecule has 0 aromatic heterocycles. The zero-order valence-corrected chi connectivity index (χ0v) is 7.78. The largest absolute Gasteiger partial charge is 0.465 e. The third-order valence-corrected chi connectivity index (χ3v) is 2.07. The van der Waals surface area contributed by atoms with Crippen molar-refractivity contribution in [2.75, 3.05) is 19.1 Å². The SMILES string of the molecule is COC(=O)c1ccc2c(c1)NCN=C2. The third-order valence-electron chi connectivity index (χ3n) is 2.07. The molecule has 1 aromatic carbocycles. The van der Waals surface area contributed by atoms with Crippen LogP contribution in [-0.4, -0.2) is 26.0 Å². The Bertz CT molecular complexity index is 399. The highest BCUT2D eigenvalue weighted by atomic mass is 16.5. The summed E-state index contributed by atoms with van der Waals surface area (Å²) in [7, 11) is 1.37. The molecule has 0 spiro atoms. The molecule has 2 rings (SSSR count). The molecule has 4 heteroatoms. The van der Waals surface area contributed by atoms with Crippen LogP contribution in [0.2, 0.25) is 0 Å². The molecule has 4 nitrogen and oxygen atoms in total. The van der Waals surface area contributed by atoms with E-state index in [9.17, 15) is 4.79 Å². The first-order valence-electron chi connectivity index (χ1n) is 4.27. The molecule has 0 saturated heterocycles. The van der Waals surface area contributed by atoms with E-state index in [0.29, 0.717) is 12.2 Å². The lowest BCUT2D eigenvalue weighted by Gasteiger charge is -2.12. The summed E-state index contributed by atoms with van der Waals surface area (Å²) in [6.45, 7) is 0.553. The van der Waals surface area contributed by atoms with Gasteiger partial charge in [-0.25, -0.2) is 4.79 Å². The van der Waals surface area contributed by atoms with Crippen molar-refractivity contribution in [1.82, 2.24) is 0 Å². The van der Waals surface area contributed by atoms with Gasteiger partial charge in [0.2, 0.25) is 0 Å². The van der Waals surface area contributed by atoms with Gasteiger partial charge in [-0.1, -0.05) is 6.07 Å². The lowest BCUT2D eigenvalue weighted by molar-refractivity contribution is 0.0601. The number of rotatable bonds is 1. The van der Waals surface area contributed by atoms with Crippen molar-refractivity contribution >= 4 is 17.9 Å². The highest BCUT2D eigenvalue weighted by Crippen LogP contribution is 2.18. The van der Waals surface area contributed by atoms with Crippen molar-refractivity contribution in [2.24, 2.45) is 4.99 Å². The molecule has 0 aliphatic carbocycles. The zero-order valence-electron chi connectivity index (χ0n) is 7.78. The van der Waals surface area contributed by atoms with Gasteiger partial charge in [-0.15, -0.1) is 0 Å². The summed E-state index contributed by atoms with van der Waals surface area (Å²) in [4.78, 5) is 15.3. The van der Waals surface area contributed by atoms with Gasteiger partial charge in [-0.2, -0.15) is 0 Å². The second-order valence-electron chi connectivity index (χ2n) is 2.94. The average Bonchev–Trinajstić information content (AvgIpc) is 2.27. The van der Waals surface area contributed by atoms with Crippen LogP contribution in [0.4, 0.5) is 5.69 Å². The molecule has 1 heterocycles. The maximum Gasteiger partial charge on any atom is 0.337 e. The lowest BCUT2D eigenvalue weighted by Crippen LogP contribution is -2.09. The van der Waals surface area contributed by atoms with Crippen LogP contribution in [0.5, 0.6) is 0 Å². The van der Waals surface area contributed by atoms with Crippen LogP contribution in [0.3, 0.4) is 0 Å². The number of carbonyl (C=O) groups is 1. The second kappa shape index (κ2) is 3.49. The van der Waals surface area contributed by atoms with E-state index in [4.69, 9.17) is 0 Å². The molecule has 0 atom stereocenters. The van der Waals surface area contributed by atoms with E-state index >= 15 is 0 Å². The number of aliphatic imine (C=N–C) groups is 1. The Morgan fingerprint density at radius 3 is 3.21 bits per heavy atom. The number of anilines is 1. The summed E-state index contributed by atoms with van der Waals surface area (Å²) in [6, 6.07) is 5.34. The monoisotopic (exact) mass is 190 g/mol. The fraction of sp³-hybridized carbons (Fsp3) is 0.200. The third kappa shape index (κ3) is 1.46. The van der Waals surface area contributed by atoms with Crippen LogP contribution < -0.4 is 5.32 Å². The van der Waals surface area contributed by atoms with E-state index in [1.54, 1.807) is 18.3 Å².